The molecule has 0 saturated carbocycles. The molecule has 0 bridgehead atoms. The minimum atomic E-state index is 0.602. The molecule has 2 nitrogen and oxygen atoms in total. The van der Waals surface area contributed by atoms with Crippen molar-refractivity contribution < 1.29 is 0 Å². The van der Waals surface area contributed by atoms with Gasteiger partial charge in [0.2, 0.25) is 0 Å². The highest BCUT2D eigenvalue weighted by Crippen LogP contribution is 2.22. The van der Waals surface area contributed by atoms with Gasteiger partial charge in [0.05, 0.1) is 11.4 Å². The van der Waals surface area contributed by atoms with Crippen molar-refractivity contribution in [2.75, 3.05) is 17.6 Å². The van der Waals surface area contributed by atoms with E-state index < -0.39 is 0 Å². The molecule has 1 radical (unpaired) electrons. The van der Waals surface area contributed by atoms with Gasteiger partial charge in [-0.3, -0.25) is 0 Å². The molecule has 0 fully saturated rings. The normalized spacial score (nSPS) is 9.64. The van der Waals surface area contributed by atoms with E-state index in [9.17, 15) is 0 Å². The Hall–Kier alpha value is -0.890. The van der Waals surface area contributed by atoms with Gasteiger partial charge in [-0.1, -0.05) is 11.6 Å². The smallest absolute Gasteiger partial charge is 0.0588 e. The van der Waals surface area contributed by atoms with Crippen molar-refractivity contribution in [3.05, 3.63) is 30.1 Å². The molecule has 1 aromatic rings. The first-order valence-electron chi connectivity index (χ1n) is 3.32. The summed E-state index contributed by atoms with van der Waals surface area (Å²) in [6.07, 6.45) is 0. The average molecular weight is 170 g/mol. The van der Waals surface area contributed by atoms with Crippen LogP contribution in [-0.4, -0.2) is 6.54 Å². The quantitative estimate of drug-likeness (QED) is 0.666. The van der Waals surface area contributed by atoms with Crippen LogP contribution in [0.1, 0.15) is 0 Å². The van der Waals surface area contributed by atoms with Crippen LogP contribution in [0.2, 0.25) is 5.02 Å². The molecule has 0 aliphatic rings. The number of nitrogen functional groups attached to an aromatic ring is 1. The van der Waals surface area contributed by atoms with E-state index in [1.54, 1.807) is 18.2 Å². The van der Waals surface area contributed by atoms with Crippen LogP contribution >= 0.6 is 11.6 Å². The van der Waals surface area contributed by atoms with Gasteiger partial charge in [-0.2, -0.15) is 0 Å². The van der Waals surface area contributed by atoms with E-state index in [2.05, 4.69) is 12.2 Å². The Balaban J connectivity index is 2.93. The van der Waals surface area contributed by atoms with Crippen molar-refractivity contribution in [3.8, 4) is 0 Å². The van der Waals surface area contributed by atoms with E-state index >= 15 is 0 Å². The van der Waals surface area contributed by atoms with Crippen LogP contribution in [0, 0.1) is 6.92 Å². The number of nitrogens with one attached hydrogen (secondary N) is 1. The summed E-state index contributed by atoms with van der Waals surface area (Å²) in [7, 11) is 0. The summed E-state index contributed by atoms with van der Waals surface area (Å²) in [6, 6.07) is 5.30. The molecule has 0 aromatic heterocycles. The number of halogens is 1. The van der Waals surface area contributed by atoms with Crippen LogP contribution in [0.3, 0.4) is 0 Å². The lowest BCUT2D eigenvalue weighted by molar-refractivity contribution is 1.34. The Labute approximate surface area is 71.4 Å². The zero-order valence-electron chi connectivity index (χ0n) is 6.10. The van der Waals surface area contributed by atoms with E-state index in [0.29, 0.717) is 17.3 Å². The van der Waals surface area contributed by atoms with E-state index in [1.807, 2.05) is 0 Å². The van der Waals surface area contributed by atoms with Gasteiger partial charge in [0, 0.05) is 11.6 Å². The summed E-state index contributed by atoms with van der Waals surface area (Å²) < 4.78 is 0. The van der Waals surface area contributed by atoms with E-state index in [0.717, 1.165) is 5.69 Å². The topological polar surface area (TPSA) is 38.0 Å². The van der Waals surface area contributed by atoms with Crippen molar-refractivity contribution in [2.24, 2.45) is 0 Å². The lowest BCUT2D eigenvalue weighted by Gasteiger charge is -2.06. The minimum Gasteiger partial charge on any atom is -0.397 e. The molecule has 1 aromatic carbocycles. The maximum Gasteiger partial charge on any atom is 0.0588 e. The zero-order valence-corrected chi connectivity index (χ0v) is 6.86. The standard InChI is InChI=1S/C8H10ClN2/c1-2-11-8-5-6(9)3-4-7(8)10/h3-5,11H,1-2,10H2. The summed E-state index contributed by atoms with van der Waals surface area (Å²) in [6.45, 7) is 4.24. The fourth-order valence-electron chi connectivity index (χ4n) is 0.816. The third-order valence-corrected chi connectivity index (χ3v) is 1.57. The van der Waals surface area contributed by atoms with E-state index in [4.69, 9.17) is 17.3 Å². The predicted octanol–water partition coefficient (Wildman–Crippen LogP) is 2.17. The third-order valence-electron chi connectivity index (χ3n) is 1.33. The molecule has 0 atom stereocenters. The van der Waals surface area contributed by atoms with Crippen LogP contribution in [0.5, 0.6) is 0 Å². The van der Waals surface area contributed by atoms with Gasteiger partial charge in [-0.15, -0.1) is 0 Å². The lowest BCUT2D eigenvalue weighted by atomic mass is 10.3. The molecule has 0 saturated heterocycles. The Morgan fingerprint density at radius 2 is 2.27 bits per heavy atom. The molecular formula is C8H10ClN2. The van der Waals surface area contributed by atoms with Gasteiger partial charge in [-0.25, -0.2) is 0 Å². The Bertz CT molecular complexity index is 248. The van der Waals surface area contributed by atoms with Gasteiger partial charge >= 0.3 is 0 Å². The molecule has 0 unspecified atom stereocenters. The van der Waals surface area contributed by atoms with Crippen LogP contribution in [0.25, 0.3) is 0 Å². The van der Waals surface area contributed by atoms with Gasteiger partial charge in [-0.05, 0) is 25.1 Å². The Morgan fingerprint density at radius 3 is 2.91 bits per heavy atom. The SMILES string of the molecule is [CH2]CNc1cc(Cl)ccc1N. The van der Waals surface area contributed by atoms with Crippen LogP contribution in [0.15, 0.2) is 18.2 Å². The summed E-state index contributed by atoms with van der Waals surface area (Å²) in [5.41, 5.74) is 7.16. The summed E-state index contributed by atoms with van der Waals surface area (Å²) in [4.78, 5) is 0. The molecule has 59 valence electrons. The largest absolute Gasteiger partial charge is 0.397 e. The van der Waals surface area contributed by atoms with Crippen molar-refractivity contribution >= 4 is 23.0 Å². The van der Waals surface area contributed by atoms with E-state index in [1.165, 1.54) is 0 Å². The van der Waals surface area contributed by atoms with Crippen molar-refractivity contribution in [3.63, 3.8) is 0 Å². The first-order valence-corrected chi connectivity index (χ1v) is 3.70. The highest BCUT2D eigenvalue weighted by Gasteiger charge is 1.96. The van der Waals surface area contributed by atoms with Crippen LogP contribution in [0.4, 0.5) is 11.4 Å². The van der Waals surface area contributed by atoms with Crippen molar-refractivity contribution in [2.45, 2.75) is 0 Å². The maximum atomic E-state index is 5.74. The lowest BCUT2D eigenvalue weighted by Crippen LogP contribution is -2.00. The second-order valence-electron chi connectivity index (χ2n) is 2.16. The average Bonchev–Trinajstić information content (AvgIpc) is 1.98. The molecule has 11 heavy (non-hydrogen) atoms. The third kappa shape index (κ3) is 2.02. The van der Waals surface area contributed by atoms with Crippen molar-refractivity contribution in [1.29, 1.82) is 0 Å². The molecule has 0 aliphatic carbocycles. The molecular weight excluding hydrogens is 160 g/mol. The summed E-state index contributed by atoms with van der Waals surface area (Å²) >= 11 is 5.74. The molecule has 0 heterocycles. The Morgan fingerprint density at radius 1 is 1.55 bits per heavy atom. The number of hydrogen-bond donors (Lipinski definition) is 2. The maximum absolute atomic E-state index is 5.74. The van der Waals surface area contributed by atoms with Gasteiger partial charge < -0.3 is 11.1 Å². The first-order chi connectivity index (χ1) is 5.24. The number of benzene rings is 1. The fourth-order valence-corrected chi connectivity index (χ4v) is 0.988. The first kappa shape index (κ1) is 8.21. The van der Waals surface area contributed by atoms with Crippen LogP contribution < -0.4 is 11.1 Å². The molecule has 3 heteroatoms. The van der Waals surface area contributed by atoms with Crippen LogP contribution in [-0.2, 0) is 0 Å². The highest BCUT2D eigenvalue weighted by atomic mass is 35.5. The number of rotatable bonds is 2. The molecule has 0 spiro atoms. The van der Waals surface area contributed by atoms with Gasteiger partial charge in [0.25, 0.3) is 0 Å². The number of hydrogen-bond acceptors (Lipinski definition) is 2. The zero-order chi connectivity index (χ0) is 8.27. The van der Waals surface area contributed by atoms with E-state index in [-0.39, 0.29) is 0 Å². The van der Waals surface area contributed by atoms with Crippen molar-refractivity contribution in [1.82, 2.24) is 0 Å². The minimum absolute atomic E-state index is 0.602. The molecule has 0 amide bonds. The molecule has 1 rings (SSSR count). The molecule has 0 aliphatic heterocycles. The summed E-state index contributed by atoms with van der Waals surface area (Å²) in [5, 5.41) is 3.67. The Kier molecular flexibility index (Phi) is 2.60. The second-order valence-corrected chi connectivity index (χ2v) is 2.59. The fraction of sp³-hybridized carbons (Fsp3) is 0.125. The number of nitrogens with two attached hydrogens (primary N) is 1. The molecule has 3 N–H and O–H groups in total. The monoisotopic (exact) mass is 169 g/mol. The second kappa shape index (κ2) is 3.49. The summed E-state index contributed by atoms with van der Waals surface area (Å²) in [5.74, 6) is 0. The van der Waals surface area contributed by atoms with Gasteiger partial charge in [0.15, 0.2) is 0 Å². The number of anilines is 2. The predicted molar refractivity (Wildman–Crippen MR) is 49.7 cm³/mol. The highest BCUT2D eigenvalue weighted by molar-refractivity contribution is 6.31. The van der Waals surface area contributed by atoms with Gasteiger partial charge in [0.1, 0.15) is 0 Å².